The third-order valence-corrected chi connectivity index (χ3v) is 7.77. The summed E-state index contributed by atoms with van der Waals surface area (Å²) >= 11 is 0. The van der Waals surface area contributed by atoms with Crippen LogP contribution in [-0.4, -0.2) is 40.6 Å². The molecule has 2 aromatic heterocycles. The van der Waals surface area contributed by atoms with Crippen LogP contribution >= 0.6 is 0 Å². The van der Waals surface area contributed by atoms with E-state index < -0.39 is 9.84 Å². The largest absolute Gasteiger partial charge is 0.348 e. The average Bonchev–Trinajstić information content (AvgIpc) is 3.46. The van der Waals surface area contributed by atoms with Crippen LogP contribution in [0.1, 0.15) is 58.5 Å². The maximum atomic E-state index is 13.1. The van der Waals surface area contributed by atoms with Gasteiger partial charge in [0.1, 0.15) is 5.82 Å². The third kappa shape index (κ3) is 3.94. The number of amides is 1. The molecule has 2 fully saturated rings. The number of aromatic nitrogens is 3. The number of sulfone groups is 1. The van der Waals surface area contributed by atoms with Crippen LogP contribution in [0.15, 0.2) is 30.3 Å². The lowest BCUT2D eigenvalue weighted by molar-refractivity contribution is 0.0952. The minimum absolute atomic E-state index is 0.0463. The predicted octanol–water partition coefficient (Wildman–Crippen LogP) is 3.05. The number of hydrogen-bond acceptors (Lipinski definition) is 5. The number of carbonyl (C=O) groups excluding carboxylic acids is 1. The Morgan fingerprint density at radius 1 is 1.23 bits per heavy atom. The number of fused-ring (bicyclic) bond motifs is 1. The van der Waals surface area contributed by atoms with Crippen molar-refractivity contribution in [1.82, 2.24) is 20.1 Å². The summed E-state index contributed by atoms with van der Waals surface area (Å²) in [6.07, 6.45) is 2.56. The van der Waals surface area contributed by atoms with Crippen LogP contribution in [0.2, 0.25) is 0 Å². The molecule has 1 saturated heterocycles. The summed E-state index contributed by atoms with van der Waals surface area (Å²) in [6.45, 7) is 2.09. The van der Waals surface area contributed by atoms with Crippen LogP contribution < -0.4 is 5.32 Å². The van der Waals surface area contributed by atoms with Crippen molar-refractivity contribution in [3.8, 4) is 0 Å². The Kier molecular flexibility index (Phi) is 4.80. The van der Waals surface area contributed by atoms with Crippen LogP contribution in [-0.2, 0) is 16.4 Å². The van der Waals surface area contributed by atoms with Gasteiger partial charge in [0.25, 0.3) is 5.91 Å². The standard InChI is InChI=1S/C22H23FN4O3S/c1-13-20-18(22(28)24-11-14-2-6-16(23)7-3-14)10-19(15-4-5-15)25-21(20)27(26-13)17-8-9-31(29,30)12-17/h2-3,6-7,10,15,17H,4-5,8-9,11-12H2,1H3,(H,24,28)/t17-/m1/s1. The second-order valence-corrected chi connectivity index (χ2v) is 10.7. The van der Waals surface area contributed by atoms with E-state index in [1.54, 1.807) is 16.8 Å². The van der Waals surface area contributed by atoms with Crippen molar-refractivity contribution in [3.05, 3.63) is 58.7 Å². The number of pyridine rings is 1. The quantitative estimate of drug-likeness (QED) is 0.656. The fourth-order valence-electron chi connectivity index (χ4n) is 4.20. The lowest BCUT2D eigenvalue weighted by Crippen LogP contribution is -2.23. The molecule has 1 atom stereocenters. The molecular weight excluding hydrogens is 419 g/mol. The molecular formula is C22H23FN4O3S. The predicted molar refractivity (Wildman–Crippen MR) is 114 cm³/mol. The van der Waals surface area contributed by atoms with E-state index in [-0.39, 0.29) is 35.8 Å². The fourth-order valence-corrected chi connectivity index (χ4v) is 5.89. The first-order valence-corrected chi connectivity index (χ1v) is 12.3. The van der Waals surface area contributed by atoms with Crippen molar-refractivity contribution in [3.63, 3.8) is 0 Å². The summed E-state index contributed by atoms with van der Waals surface area (Å²) in [6, 6.07) is 7.57. The zero-order valence-corrected chi connectivity index (χ0v) is 18.0. The van der Waals surface area contributed by atoms with Gasteiger partial charge in [-0.1, -0.05) is 12.1 Å². The topological polar surface area (TPSA) is 93.9 Å². The first kappa shape index (κ1) is 20.1. The van der Waals surface area contributed by atoms with E-state index in [1.165, 1.54) is 12.1 Å². The fraction of sp³-hybridized carbons (Fsp3) is 0.409. The molecule has 3 heterocycles. The normalized spacial score (nSPS) is 20.3. The molecule has 0 unspecified atom stereocenters. The van der Waals surface area contributed by atoms with Gasteiger partial charge in [0.2, 0.25) is 0 Å². The summed E-state index contributed by atoms with van der Waals surface area (Å²) < 4.78 is 38.9. The summed E-state index contributed by atoms with van der Waals surface area (Å²) in [4.78, 5) is 17.9. The summed E-state index contributed by atoms with van der Waals surface area (Å²) in [5.74, 6) is -0.0583. The van der Waals surface area contributed by atoms with Gasteiger partial charge in [0.15, 0.2) is 15.5 Å². The number of nitrogens with zero attached hydrogens (tertiary/aromatic N) is 3. The molecule has 1 aliphatic heterocycles. The summed E-state index contributed by atoms with van der Waals surface area (Å²) in [7, 11) is -3.08. The monoisotopic (exact) mass is 442 g/mol. The third-order valence-electron chi connectivity index (χ3n) is 6.02. The Labute approximate surface area is 179 Å². The molecule has 1 aliphatic carbocycles. The highest BCUT2D eigenvalue weighted by atomic mass is 32.2. The first-order chi connectivity index (χ1) is 14.8. The van der Waals surface area contributed by atoms with E-state index in [0.29, 0.717) is 34.6 Å². The van der Waals surface area contributed by atoms with Gasteiger partial charge >= 0.3 is 0 Å². The van der Waals surface area contributed by atoms with Crippen molar-refractivity contribution < 1.29 is 17.6 Å². The second-order valence-electron chi connectivity index (χ2n) is 8.46. The van der Waals surface area contributed by atoms with Gasteiger partial charge in [-0.2, -0.15) is 5.10 Å². The summed E-state index contributed by atoms with van der Waals surface area (Å²) in [5, 5.41) is 8.17. The minimum atomic E-state index is -3.08. The van der Waals surface area contributed by atoms with E-state index in [4.69, 9.17) is 4.98 Å². The molecule has 9 heteroatoms. The SMILES string of the molecule is Cc1nn([C@@H]2CCS(=O)(=O)C2)c2nc(C3CC3)cc(C(=O)NCc3ccc(F)cc3)c12. The zero-order chi connectivity index (χ0) is 21.8. The molecule has 0 bridgehead atoms. The molecule has 5 rings (SSSR count). The average molecular weight is 443 g/mol. The maximum absolute atomic E-state index is 13.1. The molecule has 1 amide bonds. The number of aryl methyl sites for hydroxylation is 1. The van der Waals surface area contributed by atoms with Crippen LogP contribution in [0.5, 0.6) is 0 Å². The van der Waals surface area contributed by atoms with Crippen molar-refractivity contribution in [2.24, 2.45) is 0 Å². The minimum Gasteiger partial charge on any atom is -0.348 e. The van der Waals surface area contributed by atoms with E-state index >= 15 is 0 Å². The highest BCUT2D eigenvalue weighted by molar-refractivity contribution is 7.91. The highest BCUT2D eigenvalue weighted by Crippen LogP contribution is 2.41. The maximum Gasteiger partial charge on any atom is 0.252 e. The lowest BCUT2D eigenvalue weighted by atomic mass is 10.1. The van der Waals surface area contributed by atoms with Crippen molar-refractivity contribution in [2.75, 3.05) is 11.5 Å². The lowest BCUT2D eigenvalue weighted by Gasteiger charge is -2.12. The van der Waals surface area contributed by atoms with Crippen molar-refractivity contribution in [1.29, 1.82) is 0 Å². The van der Waals surface area contributed by atoms with Gasteiger partial charge in [-0.15, -0.1) is 0 Å². The van der Waals surface area contributed by atoms with Gasteiger partial charge in [0, 0.05) is 18.2 Å². The number of rotatable bonds is 5. The van der Waals surface area contributed by atoms with Crippen LogP contribution in [0, 0.1) is 12.7 Å². The van der Waals surface area contributed by atoms with Gasteiger partial charge in [-0.3, -0.25) is 4.79 Å². The van der Waals surface area contributed by atoms with Crippen molar-refractivity contribution in [2.45, 2.75) is 44.7 Å². The van der Waals surface area contributed by atoms with Crippen molar-refractivity contribution >= 4 is 26.8 Å². The number of hydrogen-bond donors (Lipinski definition) is 1. The smallest absolute Gasteiger partial charge is 0.252 e. The Morgan fingerprint density at radius 3 is 2.61 bits per heavy atom. The summed E-state index contributed by atoms with van der Waals surface area (Å²) in [5.41, 5.74) is 3.38. The molecule has 1 aromatic carbocycles. The Hall–Kier alpha value is -2.81. The molecule has 1 N–H and O–H groups in total. The Balaban J connectivity index is 1.52. The first-order valence-electron chi connectivity index (χ1n) is 10.4. The van der Waals surface area contributed by atoms with Crippen LogP contribution in [0.4, 0.5) is 4.39 Å². The molecule has 31 heavy (non-hydrogen) atoms. The van der Waals surface area contributed by atoms with Crippen LogP contribution in [0.3, 0.4) is 0 Å². The number of carbonyl (C=O) groups is 1. The van der Waals surface area contributed by atoms with E-state index in [2.05, 4.69) is 10.4 Å². The Morgan fingerprint density at radius 2 is 1.97 bits per heavy atom. The van der Waals surface area contributed by atoms with E-state index in [9.17, 15) is 17.6 Å². The molecule has 7 nitrogen and oxygen atoms in total. The van der Waals surface area contributed by atoms with Crippen LogP contribution in [0.25, 0.3) is 11.0 Å². The van der Waals surface area contributed by atoms with Gasteiger partial charge < -0.3 is 5.32 Å². The van der Waals surface area contributed by atoms with Gasteiger partial charge in [0.05, 0.1) is 34.2 Å². The van der Waals surface area contributed by atoms with E-state index in [1.807, 2.05) is 13.0 Å². The Bertz CT molecular complexity index is 1280. The molecule has 0 spiro atoms. The van der Waals surface area contributed by atoms with E-state index in [0.717, 1.165) is 24.1 Å². The molecule has 3 aromatic rings. The molecule has 0 radical (unpaired) electrons. The van der Waals surface area contributed by atoms with Gasteiger partial charge in [-0.05, 0) is 49.9 Å². The number of benzene rings is 1. The molecule has 1 saturated carbocycles. The zero-order valence-electron chi connectivity index (χ0n) is 17.1. The van der Waals surface area contributed by atoms with Gasteiger partial charge in [-0.25, -0.2) is 22.5 Å². The second kappa shape index (κ2) is 7.40. The number of halogens is 1. The molecule has 162 valence electrons. The highest BCUT2D eigenvalue weighted by Gasteiger charge is 2.34. The number of nitrogens with one attached hydrogen (secondary N) is 1. The molecule has 2 aliphatic rings.